The standard InChI is InChI=1S/C13H22N4O3S/c1-4-20-13(19)10-9(14)8(11(15)18)12(21-10)16-6-5-7-17(2)3/h16H,4-7,14H2,1-3H3,(H2,15,18). The van der Waals surface area contributed by atoms with Gasteiger partial charge in [-0.05, 0) is 34.0 Å². The maximum Gasteiger partial charge on any atom is 0.350 e. The average Bonchev–Trinajstić information content (AvgIpc) is 2.72. The lowest BCUT2D eigenvalue weighted by atomic mass is 10.2. The first kappa shape index (κ1) is 17.3. The molecule has 0 saturated carbocycles. The second-order valence-electron chi connectivity index (χ2n) is 4.72. The van der Waals surface area contributed by atoms with E-state index in [4.69, 9.17) is 16.2 Å². The molecular weight excluding hydrogens is 292 g/mol. The molecule has 1 amide bonds. The highest BCUT2D eigenvalue weighted by Gasteiger charge is 2.24. The molecule has 8 heteroatoms. The summed E-state index contributed by atoms with van der Waals surface area (Å²) in [7, 11) is 3.97. The van der Waals surface area contributed by atoms with Crippen molar-refractivity contribution in [2.24, 2.45) is 5.73 Å². The van der Waals surface area contributed by atoms with Gasteiger partial charge in [0.25, 0.3) is 5.91 Å². The van der Waals surface area contributed by atoms with Gasteiger partial charge in [0.15, 0.2) is 0 Å². The predicted molar refractivity (Wildman–Crippen MR) is 84.9 cm³/mol. The molecule has 0 aliphatic heterocycles. The van der Waals surface area contributed by atoms with Gasteiger partial charge in [0.1, 0.15) is 9.88 Å². The van der Waals surface area contributed by atoms with Crippen LogP contribution in [0.5, 0.6) is 0 Å². The van der Waals surface area contributed by atoms with Gasteiger partial charge in [-0.2, -0.15) is 0 Å². The van der Waals surface area contributed by atoms with Crippen molar-refractivity contribution in [1.29, 1.82) is 0 Å². The second-order valence-corrected chi connectivity index (χ2v) is 5.74. The molecule has 7 nitrogen and oxygen atoms in total. The van der Waals surface area contributed by atoms with Gasteiger partial charge in [0.2, 0.25) is 0 Å². The van der Waals surface area contributed by atoms with E-state index in [-0.39, 0.29) is 22.7 Å². The summed E-state index contributed by atoms with van der Waals surface area (Å²) < 4.78 is 4.92. The summed E-state index contributed by atoms with van der Waals surface area (Å²) in [5.74, 6) is -1.20. The number of hydrogen-bond donors (Lipinski definition) is 3. The third kappa shape index (κ3) is 4.61. The van der Waals surface area contributed by atoms with E-state index >= 15 is 0 Å². The highest BCUT2D eigenvalue weighted by molar-refractivity contribution is 7.19. The van der Waals surface area contributed by atoms with Crippen molar-refractivity contribution < 1.29 is 14.3 Å². The Balaban J connectivity index is 2.89. The van der Waals surface area contributed by atoms with Gasteiger partial charge in [-0.25, -0.2) is 4.79 Å². The van der Waals surface area contributed by atoms with E-state index in [1.165, 1.54) is 0 Å². The van der Waals surface area contributed by atoms with Crippen LogP contribution in [0.3, 0.4) is 0 Å². The van der Waals surface area contributed by atoms with Crippen LogP contribution in [0.4, 0.5) is 10.7 Å². The Hall–Kier alpha value is -1.80. The van der Waals surface area contributed by atoms with Crippen LogP contribution >= 0.6 is 11.3 Å². The number of carbonyl (C=O) groups is 2. The van der Waals surface area contributed by atoms with Crippen LogP contribution in [-0.4, -0.2) is 50.6 Å². The predicted octanol–water partition coefficient (Wildman–Crippen LogP) is 0.970. The zero-order valence-electron chi connectivity index (χ0n) is 12.6. The lowest BCUT2D eigenvalue weighted by molar-refractivity contribution is 0.0533. The van der Waals surface area contributed by atoms with Gasteiger partial charge < -0.3 is 26.4 Å². The molecule has 1 heterocycles. The number of ether oxygens (including phenoxy) is 1. The topological polar surface area (TPSA) is 111 Å². The van der Waals surface area contributed by atoms with Crippen LogP contribution in [-0.2, 0) is 4.74 Å². The Morgan fingerprint density at radius 2 is 2.05 bits per heavy atom. The monoisotopic (exact) mass is 314 g/mol. The van der Waals surface area contributed by atoms with Crippen molar-refractivity contribution >= 4 is 33.9 Å². The summed E-state index contributed by atoms with van der Waals surface area (Å²) in [5, 5.41) is 3.63. The van der Waals surface area contributed by atoms with Crippen molar-refractivity contribution in [3.05, 3.63) is 10.4 Å². The first-order valence-corrected chi connectivity index (χ1v) is 7.47. The maximum atomic E-state index is 11.8. The minimum absolute atomic E-state index is 0.0843. The Morgan fingerprint density at radius 1 is 1.38 bits per heavy atom. The maximum absolute atomic E-state index is 11.8. The van der Waals surface area contributed by atoms with E-state index in [9.17, 15) is 9.59 Å². The van der Waals surface area contributed by atoms with Gasteiger partial charge in [0.05, 0.1) is 17.9 Å². The summed E-state index contributed by atoms with van der Waals surface area (Å²) >= 11 is 1.10. The van der Waals surface area contributed by atoms with Crippen molar-refractivity contribution in [3.63, 3.8) is 0 Å². The molecule has 0 fully saturated rings. The molecule has 0 bridgehead atoms. The molecule has 118 valence electrons. The van der Waals surface area contributed by atoms with Gasteiger partial charge in [-0.3, -0.25) is 4.79 Å². The highest BCUT2D eigenvalue weighted by Crippen LogP contribution is 2.35. The summed E-state index contributed by atoms with van der Waals surface area (Å²) in [5.41, 5.74) is 11.4. The first-order chi connectivity index (χ1) is 9.88. The number of carbonyl (C=O) groups excluding carboxylic acids is 2. The van der Waals surface area contributed by atoms with E-state index < -0.39 is 11.9 Å². The summed E-state index contributed by atoms with van der Waals surface area (Å²) in [4.78, 5) is 25.6. The third-order valence-electron chi connectivity index (χ3n) is 2.72. The number of anilines is 2. The van der Waals surface area contributed by atoms with Crippen LogP contribution in [0.1, 0.15) is 33.4 Å². The summed E-state index contributed by atoms with van der Waals surface area (Å²) in [6.45, 7) is 3.51. The number of nitrogens with zero attached hydrogens (tertiary/aromatic N) is 1. The molecule has 0 aliphatic rings. The number of nitrogen functional groups attached to an aromatic ring is 1. The van der Waals surface area contributed by atoms with E-state index in [0.29, 0.717) is 11.5 Å². The fourth-order valence-corrected chi connectivity index (χ4v) is 2.80. The van der Waals surface area contributed by atoms with Crippen LogP contribution in [0, 0.1) is 0 Å². The molecule has 0 saturated heterocycles. The second kappa shape index (κ2) is 7.84. The van der Waals surface area contributed by atoms with E-state index in [1.807, 2.05) is 14.1 Å². The Labute approximate surface area is 128 Å². The Kier molecular flexibility index (Phi) is 6.44. The lowest BCUT2D eigenvalue weighted by Gasteiger charge is -2.10. The molecule has 0 radical (unpaired) electrons. The fraction of sp³-hybridized carbons (Fsp3) is 0.538. The lowest BCUT2D eigenvalue weighted by Crippen LogP contribution is -2.18. The normalized spacial score (nSPS) is 10.7. The van der Waals surface area contributed by atoms with Crippen molar-refractivity contribution in [2.45, 2.75) is 13.3 Å². The molecule has 0 unspecified atom stereocenters. The van der Waals surface area contributed by atoms with Gasteiger partial charge in [0, 0.05) is 6.54 Å². The smallest absolute Gasteiger partial charge is 0.350 e. The van der Waals surface area contributed by atoms with Gasteiger partial charge in [-0.15, -0.1) is 11.3 Å². The number of amides is 1. The quantitative estimate of drug-likeness (QED) is 0.487. The Morgan fingerprint density at radius 3 is 2.57 bits per heavy atom. The van der Waals surface area contributed by atoms with Crippen molar-refractivity contribution in [2.75, 3.05) is 44.8 Å². The molecule has 0 spiro atoms. The molecule has 5 N–H and O–H groups in total. The highest BCUT2D eigenvalue weighted by atomic mass is 32.1. The first-order valence-electron chi connectivity index (χ1n) is 6.66. The molecule has 1 aromatic rings. The number of primary amides is 1. The average molecular weight is 314 g/mol. The van der Waals surface area contributed by atoms with Crippen LogP contribution in [0.25, 0.3) is 0 Å². The third-order valence-corrected chi connectivity index (χ3v) is 3.86. The molecule has 0 aliphatic carbocycles. The van der Waals surface area contributed by atoms with Gasteiger partial charge in [-0.1, -0.05) is 0 Å². The molecule has 1 rings (SSSR count). The summed E-state index contributed by atoms with van der Waals surface area (Å²) in [6.07, 6.45) is 0.887. The number of rotatable bonds is 8. The largest absolute Gasteiger partial charge is 0.462 e. The number of esters is 1. The van der Waals surface area contributed by atoms with Crippen molar-refractivity contribution in [1.82, 2.24) is 4.90 Å². The Bertz CT molecular complexity index is 514. The molecule has 21 heavy (non-hydrogen) atoms. The van der Waals surface area contributed by atoms with E-state index in [1.54, 1.807) is 6.92 Å². The molecule has 1 aromatic heterocycles. The van der Waals surface area contributed by atoms with E-state index in [2.05, 4.69) is 10.2 Å². The molecule has 0 aromatic carbocycles. The zero-order valence-corrected chi connectivity index (χ0v) is 13.4. The number of nitrogens with one attached hydrogen (secondary N) is 1. The van der Waals surface area contributed by atoms with Crippen molar-refractivity contribution in [3.8, 4) is 0 Å². The SMILES string of the molecule is CCOC(=O)c1sc(NCCCN(C)C)c(C(N)=O)c1N. The minimum atomic E-state index is -0.658. The number of thiophene rings is 1. The fourth-order valence-electron chi connectivity index (χ4n) is 1.76. The number of nitrogens with two attached hydrogens (primary N) is 2. The minimum Gasteiger partial charge on any atom is -0.462 e. The zero-order chi connectivity index (χ0) is 16.0. The summed E-state index contributed by atoms with van der Waals surface area (Å²) in [6, 6.07) is 0. The molecular formula is C13H22N4O3S. The van der Waals surface area contributed by atoms with Crippen LogP contribution in [0.15, 0.2) is 0 Å². The van der Waals surface area contributed by atoms with E-state index in [0.717, 1.165) is 24.3 Å². The van der Waals surface area contributed by atoms with Gasteiger partial charge >= 0.3 is 5.97 Å². The van der Waals surface area contributed by atoms with Crippen LogP contribution in [0.2, 0.25) is 0 Å². The number of hydrogen-bond acceptors (Lipinski definition) is 7. The van der Waals surface area contributed by atoms with Crippen LogP contribution < -0.4 is 16.8 Å². The molecule has 0 atom stereocenters.